The number of hydrogen-bond donors (Lipinski definition) is 2. The number of aromatic nitrogens is 2. The lowest BCUT2D eigenvalue weighted by atomic mass is 10.1. The monoisotopic (exact) mass is 393 g/mol. The van der Waals surface area contributed by atoms with Crippen LogP contribution < -0.4 is 10.6 Å². The zero-order valence-corrected chi connectivity index (χ0v) is 17.6. The van der Waals surface area contributed by atoms with E-state index in [1.165, 1.54) is 16.6 Å². The number of nitrogens with zero attached hydrogens (tertiary/aromatic N) is 3. The summed E-state index contributed by atoms with van der Waals surface area (Å²) in [5.74, 6) is 1.90. The maximum absolute atomic E-state index is 5.29. The highest BCUT2D eigenvalue weighted by atomic mass is 16.5. The molecule has 0 atom stereocenters. The van der Waals surface area contributed by atoms with Crippen LogP contribution in [0.15, 0.2) is 53.5 Å². The average molecular weight is 394 g/mol. The SMILES string of the molecule is CCNC(=NCc1ccccc1COC)NCCCn1c(C)nc2ccccc21. The Morgan fingerprint density at radius 2 is 1.83 bits per heavy atom. The Labute approximate surface area is 173 Å². The number of ether oxygens (including phenoxy) is 1. The summed E-state index contributed by atoms with van der Waals surface area (Å²) in [5.41, 5.74) is 4.62. The van der Waals surface area contributed by atoms with E-state index < -0.39 is 0 Å². The van der Waals surface area contributed by atoms with Gasteiger partial charge < -0.3 is 19.9 Å². The van der Waals surface area contributed by atoms with E-state index in [1.54, 1.807) is 7.11 Å². The van der Waals surface area contributed by atoms with Crippen LogP contribution in [0.4, 0.5) is 0 Å². The number of fused-ring (bicyclic) bond motifs is 1. The standard InChI is InChI=1S/C23H31N5O/c1-4-24-23(26-16-19-10-5-6-11-20(19)17-29-3)25-14-9-15-28-18(2)27-21-12-7-8-13-22(21)28/h5-8,10-13H,4,9,14-17H2,1-3H3,(H2,24,25,26). The van der Waals surface area contributed by atoms with E-state index in [0.717, 1.165) is 43.4 Å². The number of nitrogens with one attached hydrogen (secondary N) is 2. The summed E-state index contributed by atoms with van der Waals surface area (Å²) in [5, 5.41) is 6.77. The summed E-state index contributed by atoms with van der Waals surface area (Å²) in [7, 11) is 1.72. The molecule has 0 aliphatic carbocycles. The van der Waals surface area contributed by atoms with Gasteiger partial charge in [0.1, 0.15) is 5.82 Å². The Morgan fingerprint density at radius 3 is 2.62 bits per heavy atom. The summed E-state index contributed by atoms with van der Waals surface area (Å²) in [6, 6.07) is 16.6. The highest BCUT2D eigenvalue weighted by molar-refractivity contribution is 5.79. The molecule has 154 valence electrons. The molecule has 3 aromatic rings. The van der Waals surface area contributed by atoms with Crippen molar-refractivity contribution in [3.8, 4) is 0 Å². The van der Waals surface area contributed by atoms with Crippen LogP contribution in [0.2, 0.25) is 0 Å². The van der Waals surface area contributed by atoms with Gasteiger partial charge in [-0.2, -0.15) is 0 Å². The number of hydrogen-bond acceptors (Lipinski definition) is 3. The molecule has 1 heterocycles. The fraction of sp³-hybridized carbons (Fsp3) is 0.391. The first-order valence-corrected chi connectivity index (χ1v) is 10.2. The first kappa shape index (κ1) is 20.9. The molecule has 0 amide bonds. The summed E-state index contributed by atoms with van der Waals surface area (Å²) < 4.78 is 7.57. The first-order chi connectivity index (χ1) is 14.2. The molecule has 0 unspecified atom stereocenters. The molecule has 6 heteroatoms. The number of rotatable bonds is 9. The molecule has 0 aliphatic rings. The zero-order valence-electron chi connectivity index (χ0n) is 17.6. The Hall–Kier alpha value is -2.86. The molecule has 0 radical (unpaired) electrons. The maximum Gasteiger partial charge on any atom is 0.191 e. The van der Waals surface area contributed by atoms with Gasteiger partial charge >= 0.3 is 0 Å². The molecule has 1 aromatic heterocycles. The molecule has 0 saturated carbocycles. The normalized spacial score (nSPS) is 11.8. The van der Waals surface area contributed by atoms with Gasteiger partial charge in [0.05, 0.1) is 24.2 Å². The second-order valence-corrected chi connectivity index (χ2v) is 6.98. The van der Waals surface area contributed by atoms with Gasteiger partial charge in [-0.1, -0.05) is 36.4 Å². The van der Waals surface area contributed by atoms with Gasteiger partial charge in [0, 0.05) is 26.7 Å². The van der Waals surface area contributed by atoms with Crippen LogP contribution in [-0.2, 0) is 24.4 Å². The van der Waals surface area contributed by atoms with E-state index in [4.69, 9.17) is 9.73 Å². The van der Waals surface area contributed by atoms with Crippen LogP contribution in [0.3, 0.4) is 0 Å². The van der Waals surface area contributed by atoms with E-state index in [1.807, 2.05) is 18.2 Å². The minimum absolute atomic E-state index is 0.605. The molecule has 0 saturated heterocycles. The van der Waals surface area contributed by atoms with Crippen molar-refractivity contribution in [2.75, 3.05) is 20.2 Å². The molecule has 2 N–H and O–H groups in total. The Bertz CT molecular complexity index is 947. The number of para-hydroxylation sites is 2. The highest BCUT2D eigenvalue weighted by Crippen LogP contribution is 2.15. The van der Waals surface area contributed by atoms with Crippen molar-refractivity contribution in [1.82, 2.24) is 20.2 Å². The number of methoxy groups -OCH3 is 1. The second kappa shape index (κ2) is 10.6. The maximum atomic E-state index is 5.29. The summed E-state index contributed by atoms with van der Waals surface area (Å²) >= 11 is 0. The Kier molecular flexibility index (Phi) is 7.64. The van der Waals surface area contributed by atoms with E-state index in [9.17, 15) is 0 Å². The third-order valence-corrected chi connectivity index (χ3v) is 4.87. The van der Waals surface area contributed by atoms with Crippen molar-refractivity contribution in [2.45, 2.75) is 40.0 Å². The fourth-order valence-electron chi connectivity index (χ4n) is 3.44. The molecule has 3 rings (SSSR count). The van der Waals surface area contributed by atoms with Gasteiger partial charge in [-0.05, 0) is 43.5 Å². The van der Waals surface area contributed by atoms with Crippen LogP contribution in [-0.4, -0.2) is 35.7 Å². The average Bonchev–Trinajstić information content (AvgIpc) is 3.05. The largest absolute Gasteiger partial charge is 0.380 e. The van der Waals surface area contributed by atoms with Crippen molar-refractivity contribution >= 4 is 17.0 Å². The molecule has 2 aromatic carbocycles. The lowest BCUT2D eigenvalue weighted by Gasteiger charge is -2.13. The van der Waals surface area contributed by atoms with Gasteiger partial charge in [0.25, 0.3) is 0 Å². The highest BCUT2D eigenvalue weighted by Gasteiger charge is 2.06. The molecule has 29 heavy (non-hydrogen) atoms. The van der Waals surface area contributed by atoms with Crippen LogP contribution in [0.5, 0.6) is 0 Å². The van der Waals surface area contributed by atoms with Gasteiger partial charge in [-0.25, -0.2) is 9.98 Å². The molecular weight excluding hydrogens is 362 g/mol. The lowest BCUT2D eigenvalue weighted by Crippen LogP contribution is -2.38. The topological polar surface area (TPSA) is 63.5 Å². The number of guanidine groups is 1. The second-order valence-electron chi connectivity index (χ2n) is 6.98. The van der Waals surface area contributed by atoms with Crippen molar-refractivity contribution < 1.29 is 4.74 Å². The number of aliphatic imine (C=N–C) groups is 1. The number of benzene rings is 2. The van der Waals surface area contributed by atoms with E-state index in [-0.39, 0.29) is 0 Å². The number of imidazole rings is 1. The van der Waals surface area contributed by atoms with E-state index >= 15 is 0 Å². The molecule has 0 fully saturated rings. The summed E-state index contributed by atoms with van der Waals surface area (Å²) in [6.07, 6.45) is 0.992. The summed E-state index contributed by atoms with van der Waals surface area (Å²) in [4.78, 5) is 9.39. The van der Waals surface area contributed by atoms with Crippen molar-refractivity contribution in [3.63, 3.8) is 0 Å². The lowest BCUT2D eigenvalue weighted by molar-refractivity contribution is 0.184. The van der Waals surface area contributed by atoms with Crippen molar-refractivity contribution in [2.24, 2.45) is 4.99 Å². The third-order valence-electron chi connectivity index (χ3n) is 4.87. The van der Waals surface area contributed by atoms with Crippen LogP contribution in [0, 0.1) is 6.92 Å². The van der Waals surface area contributed by atoms with Crippen LogP contribution >= 0.6 is 0 Å². The van der Waals surface area contributed by atoms with Crippen molar-refractivity contribution in [3.05, 3.63) is 65.5 Å². The smallest absolute Gasteiger partial charge is 0.191 e. The molecule has 6 nitrogen and oxygen atoms in total. The predicted octanol–water partition coefficient (Wildman–Crippen LogP) is 3.64. The molecule has 0 bridgehead atoms. The van der Waals surface area contributed by atoms with Gasteiger partial charge in [0.2, 0.25) is 0 Å². The Balaban J connectivity index is 1.57. The van der Waals surface area contributed by atoms with Crippen LogP contribution in [0.25, 0.3) is 11.0 Å². The first-order valence-electron chi connectivity index (χ1n) is 10.2. The molecule has 0 spiro atoms. The van der Waals surface area contributed by atoms with E-state index in [2.05, 4.69) is 64.4 Å². The van der Waals surface area contributed by atoms with Gasteiger partial charge in [-0.3, -0.25) is 0 Å². The van der Waals surface area contributed by atoms with E-state index in [0.29, 0.717) is 13.2 Å². The number of aryl methyl sites for hydroxylation is 2. The fourth-order valence-corrected chi connectivity index (χ4v) is 3.44. The minimum Gasteiger partial charge on any atom is -0.380 e. The van der Waals surface area contributed by atoms with Crippen molar-refractivity contribution in [1.29, 1.82) is 0 Å². The molecular formula is C23H31N5O. The third kappa shape index (κ3) is 5.57. The van der Waals surface area contributed by atoms with Gasteiger partial charge in [-0.15, -0.1) is 0 Å². The minimum atomic E-state index is 0.605. The quantitative estimate of drug-likeness (QED) is 0.331. The van der Waals surface area contributed by atoms with Crippen LogP contribution in [0.1, 0.15) is 30.3 Å². The predicted molar refractivity (Wildman–Crippen MR) is 119 cm³/mol. The summed E-state index contributed by atoms with van der Waals surface area (Å²) in [6.45, 7) is 7.98. The van der Waals surface area contributed by atoms with Gasteiger partial charge in [0.15, 0.2) is 5.96 Å². The zero-order chi connectivity index (χ0) is 20.5. The molecule has 0 aliphatic heterocycles. The Morgan fingerprint density at radius 1 is 1.07 bits per heavy atom.